The number of sulfonamides is 1. The van der Waals surface area contributed by atoms with Crippen LogP contribution in [-0.2, 0) is 17.1 Å². The number of hydrogen-bond donors (Lipinski definition) is 2. The van der Waals surface area contributed by atoms with Crippen LogP contribution in [0, 0.1) is 11.3 Å². The number of rotatable bonds is 4. The lowest BCUT2D eigenvalue weighted by molar-refractivity contribution is 0.0937. The molecule has 0 aliphatic carbocycles. The smallest absolute Gasteiger partial charge is 0.282 e. The molecule has 0 fully saturated rings. The minimum absolute atomic E-state index is 0.103. The van der Waals surface area contributed by atoms with Gasteiger partial charge in [0.15, 0.2) is 0 Å². The Hall–Kier alpha value is -2.63. The number of nitriles is 1. The van der Waals surface area contributed by atoms with Crippen LogP contribution >= 0.6 is 0 Å². The second kappa shape index (κ2) is 5.78. The number of carbonyl (C=O) groups excluding carboxylic acids is 1. The SMILES string of the molecule is Cn1cccc1C(=O)NNS(=O)(=O)c1cccc(C#N)c1. The van der Waals surface area contributed by atoms with Gasteiger partial charge in [0.05, 0.1) is 16.5 Å². The molecular weight excluding hydrogens is 292 g/mol. The average Bonchev–Trinajstić information content (AvgIpc) is 2.91. The van der Waals surface area contributed by atoms with Crippen LogP contribution in [0.25, 0.3) is 0 Å². The average molecular weight is 304 g/mol. The Labute approximate surface area is 121 Å². The van der Waals surface area contributed by atoms with Gasteiger partial charge in [-0.05, 0) is 30.3 Å². The van der Waals surface area contributed by atoms with Crippen LogP contribution in [0.3, 0.4) is 0 Å². The van der Waals surface area contributed by atoms with Crippen LogP contribution in [0.2, 0.25) is 0 Å². The molecule has 0 saturated heterocycles. The van der Waals surface area contributed by atoms with Gasteiger partial charge in [-0.2, -0.15) is 5.26 Å². The first-order valence-corrected chi connectivity index (χ1v) is 7.36. The molecule has 1 amide bonds. The van der Waals surface area contributed by atoms with Gasteiger partial charge >= 0.3 is 0 Å². The number of hydrogen-bond acceptors (Lipinski definition) is 4. The molecule has 0 unspecified atom stereocenters. The van der Waals surface area contributed by atoms with Crippen molar-refractivity contribution in [2.75, 3.05) is 0 Å². The summed E-state index contributed by atoms with van der Waals surface area (Å²) in [6, 6.07) is 10.6. The first-order chi connectivity index (χ1) is 9.94. The van der Waals surface area contributed by atoms with Gasteiger partial charge in [-0.15, -0.1) is 4.83 Å². The van der Waals surface area contributed by atoms with Crippen molar-refractivity contribution < 1.29 is 13.2 Å². The molecule has 0 aliphatic rings. The van der Waals surface area contributed by atoms with E-state index in [2.05, 4.69) is 5.43 Å². The fraction of sp³-hybridized carbons (Fsp3) is 0.0769. The molecule has 2 rings (SSSR count). The lowest BCUT2D eigenvalue weighted by atomic mass is 10.2. The van der Waals surface area contributed by atoms with Crippen LogP contribution in [0.4, 0.5) is 0 Å². The zero-order chi connectivity index (χ0) is 15.5. The summed E-state index contributed by atoms with van der Waals surface area (Å²) in [5, 5.41) is 8.76. The van der Waals surface area contributed by atoms with Gasteiger partial charge in [-0.1, -0.05) is 6.07 Å². The molecule has 0 bridgehead atoms. The lowest BCUT2D eigenvalue weighted by Crippen LogP contribution is -2.42. The van der Waals surface area contributed by atoms with Gasteiger partial charge in [0.2, 0.25) is 0 Å². The zero-order valence-corrected chi connectivity index (χ0v) is 11.9. The Bertz CT molecular complexity index is 818. The summed E-state index contributed by atoms with van der Waals surface area (Å²) in [6.07, 6.45) is 1.67. The fourth-order valence-electron chi connectivity index (χ4n) is 1.67. The van der Waals surface area contributed by atoms with Gasteiger partial charge < -0.3 is 4.57 Å². The molecule has 8 heteroatoms. The monoisotopic (exact) mass is 304 g/mol. The van der Waals surface area contributed by atoms with E-state index in [4.69, 9.17) is 5.26 Å². The maximum absolute atomic E-state index is 12.0. The number of aromatic nitrogens is 1. The molecule has 0 radical (unpaired) electrons. The topological polar surface area (TPSA) is 104 Å². The first kappa shape index (κ1) is 14.8. The van der Waals surface area contributed by atoms with Crippen molar-refractivity contribution in [1.29, 1.82) is 5.26 Å². The predicted octanol–water partition coefficient (Wildman–Crippen LogP) is 0.520. The van der Waals surface area contributed by atoms with Crippen LogP contribution < -0.4 is 10.3 Å². The number of benzene rings is 1. The van der Waals surface area contributed by atoms with Crippen molar-refractivity contribution in [2.45, 2.75) is 4.90 Å². The Kier molecular flexibility index (Phi) is 4.07. The third-order valence-electron chi connectivity index (χ3n) is 2.75. The summed E-state index contributed by atoms with van der Waals surface area (Å²) in [6.45, 7) is 0. The highest BCUT2D eigenvalue weighted by Crippen LogP contribution is 2.10. The second-order valence-corrected chi connectivity index (χ2v) is 5.89. The quantitative estimate of drug-likeness (QED) is 0.803. The Morgan fingerprint density at radius 1 is 1.29 bits per heavy atom. The molecule has 1 aromatic heterocycles. The van der Waals surface area contributed by atoms with Crippen LogP contribution in [-0.4, -0.2) is 18.9 Å². The maximum Gasteiger partial charge on any atom is 0.282 e. The molecule has 2 aromatic rings. The molecule has 0 saturated carbocycles. The molecule has 21 heavy (non-hydrogen) atoms. The third-order valence-corrected chi connectivity index (χ3v) is 3.99. The number of amides is 1. The van der Waals surface area contributed by atoms with Crippen LogP contribution in [0.1, 0.15) is 16.1 Å². The van der Waals surface area contributed by atoms with E-state index in [-0.39, 0.29) is 10.5 Å². The second-order valence-electron chi connectivity index (χ2n) is 4.20. The molecule has 108 valence electrons. The predicted molar refractivity (Wildman–Crippen MR) is 74.4 cm³/mol. The van der Waals surface area contributed by atoms with Crippen molar-refractivity contribution in [3.05, 3.63) is 53.9 Å². The van der Waals surface area contributed by atoms with Crippen molar-refractivity contribution in [2.24, 2.45) is 7.05 Å². The number of carbonyl (C=O) groups is 1. The highest BCUT2D eigenvalue weighted by atomic mass is 32.2. The number of aryl methyl sites for hydroxylation is 1. The molecule has 0 spiro atoms. The van der Waals surface area contributed by atoms with E-state index in [9.17, 15) is 13.2 Å². The lowest BCUT2D eigenvalue weighted by Gasteiger charge is -2.09. The van der Waals surface area contributed by atoms with E-state index in [0.29, 0.717) is 5.69 Å². The minimum Gasteiger partial charge on any atom is -0.347 e. The van der Waals surface area contributed by atoms with E-state index in [0.717, 1.165) is 0 Å². The van der Waals surface area contributed by atoms with Gasteiger partial charge in [0.25, 0.3) is 15.9 Å². The largest absolute Gasteiger partial charge is 0.347 e. The fourth-order valence-corrected chi connectivity index (χ4v) is 2.55. The summed E-state index contributed by atoms with van der Waals surface area (Å²) < 4.78 is 25.6. The van der Waals surface area contributed by atoms with Gasteiger partial charge in [0, 0.05) is 13.2 Å². The summed E-state index contributed by atoms with van der Waals surface area (Å²) in [5.41, 5.74) is 2.64. The van der Waals surface area contributed by atoms with Crippen LogP contribution in [0.5, 0.6) is 0 Å². The maximum atomic E-state index is 12.0. The van der Waals surface area contributed by atoms with E-state index in [1.165, 1.54) is 24.3 Å². The Morgan fingerprint density at radius 2 is 2.05 bits per heavy atom. The van der Waals surface area contributed by atoms with Crippen molar-refractivity contribution in [3.63, 3.8) is 0 Å². The molecular formula is C13H12N4O3S. The minimum atomic E-state index is -3.93. The highest BCUT2D eigenvalue weighted by molar-refractivity contribution is 7.89. The van der Waals surface area contributed by atoms with E-state index in [1.807, 2.05) is 10.9 Å². The Balaban J connectivity index is 2.13. The Morgan fingerprint density at radius 3 is 2.67 bits per heavy atom. The number of nitrogens with zero attached hydrogens (tertiary/aromatic N) is 2. The molecule has 7 nitrogen and oxygen atoms in total. The number of hydrazine groups is 1. The highest BCUT2D eigenvalue weighted by Gasteiger charge is 2.17. The first-order valence-electron chi connectivity index (χ1n) is 5.88. The van der Waals surface area contributed by atoms with E-state index < -0.39 is 15.9 Å². The van der Waals surface area contributed by atoms with Gasteiger partial charge in [0.1, 0.15) is 5.69 Å². The van der Waals surface area contributed by atoms with E-state index >= 15 is 0 Å². The zero-order valence-electron chi connectivity index (χ0n) is 11.1. The molecule has 1 heterocycles. The third kappa shape index (κ3) is 3.28. The normalized spacial score (nSPS) is 10.9. The summed E-state index contributed by atoms with van der Waals surface area (Å²) in [4.78, 5) is 13.7. The van der Waals surface area contributed by atoms with Crippen LogP contribution in [0.15, 0.2) is 47.5 Å². The summed E-state index contributed by atoms with van der Waals surface area (Å²) in [5.74, 6) is -0.581. The van der Waals surface area contributed by atoms with Crippen molar-refractivity contribution in [3.8, 4) is 6.07 Å². The van der Waals surface area contributed by atoms with Crippen molar-refractivity contribution in [1.82, 2.24) is 14.8 Å². The molecule has 1 aromatic carbocycles. The van der Waals surface area contributed by atoms with E-state index in [1.54, 1.807) is 29.9 Å². The van der Waals surface area contributed by atoms with Gasteiger partial charge in [-0.25, -0.2) is 8.42 Å². The standard InChI is InChI=1S/C13H12N4O3S/c1-17-7-3-6-12(17)13(18)15-16-21(19,20)11-5-2-4-10(8-11)9-14/h2-8,16H,1H3,(H,15,18). The molecule has 0 aliphatic heterocycles. The number of nitrogens with one attached hydrogen (secondary N) is 2. The summed E-state index contributed by atoms with van der Waals surface area (Å²) >= 11 is 0. The van der Waals surface area contributed by atoms with Gasteiger partial charge in [-0.3, -0.25) is 10.2 Å². The molecule has 2 N–H and O–H groups in total. The summed E-state index contributed by atoms with van der Waals surface area (Å²) in [7, 11) is -2.27. The van der Waals surface area contributed by atoms with Crippen molar-refractivity contribution >= 4 is 15.9 Å². The molecule has 0 atom stereocenters.